The van der Waals surface area contributed by atoms with Crippen LogP contribution in [0.4, 0.5) is 27.9 Å². The number of hydrogen-bond donors (Lipinski definition) is 2. The Morgan fingerprint density at radius 2 is 2.00 bits per heavy atom. The fraction of sp³-hybridized carbons (Fsp3) is 0.412. The van der Waals surface area contributed by atoms with E-state index in [1.54, 1.807) is 18.0 Å². The van der Waals surface area contributed by atoms with Crippen LogP contribution in [-0.4, -0.2) is 58.7 Å². The van der Waals surface area contributed by atoms with Gasteiger partial charge in [-0.05, 0) is 25.5 Å². The Morgan fingerprint density at radius 1 is 1.23 bits per heavy atom. The minimum Gasteiger partial charge on any atom is -0.450 e. The molecule has 2 aromatic rings. The quantitative estimate of drug-likeness (QED) is 0.852. The molecule has 0 saturated carbocycles. The molecule has 9 nitrogen and oxygen atoms in total. The highest BCUT2D eigenvalue weighted by Crippen LogP contribution is 2.29. The second-order valence-electron chi connectivity index (χ2n) is 5.93. The Balaban J connectivity index is 1.72. The van der Waals surface area contributed by atoms with E-state index >= 15 is 0 Å². The molecule has 3 N–H and O–H groups in total. The number of pyridine rings is 1. The molecule has 0 aliphatic carbocycles. The number of carbonyl (C=O) groups is 1. The third kappa shape index (κ3) is 3.76. The predicted molar refractivity (Wildman–Crippen MR) is 99.5 cm³/mol. The summed E-state index contributed by atoms with van der Waals surface area (Å²) in [5.41, 5.74) is 7.75. The van der Waals surface area contributed by atoms with Crippen LogP contribution in [0.5, 0.6) is 0 Å². The summed E-state index contributed by atoms with van der Waals surface area (Å²) in [5.74, 6) is 1.88. The zero-order valence-electron chi connectivity index (χ0n) is 15.0. The molecule has 3 heterocycles. The van der Waals surface area contributed by atoms with Crippen LogP contribution in [-0.2, 0) is 4.74 Å². The maximum absolute atomic E-state index is 11.8. The zero-order chi connectivity index (χ0) is 18.5. The van der Waals surface area contributed by atoms with E-state index in [1.807, 2.05) is 24.0 Å². The largest absolute Gasteiger partial charge is 0.450 e. The van der Waals surface area contributed by atoms with Crippen LogP contribution < -0.4 is 16.0 Å². The van der Waals surface area contributed by atoms with E-state index in [2.05, 4.69) is 20.3 Å². The molecule has 1 fully saturated rings. The van der Waals surface area contributed by atoms with Gasteiger partial charge in [0.15, 0.2) is 11.6 Å². The Kier molecular flexibility index (Phi) is 5.35. The number of aromatic nitrogens is 3. The van der Waals surface area contributed by atoms with E-state index < -0.39 is 0 Å². The Morgan fingerprint density at radius 3 is 2.69 bits per heavy atom. The number of hydrogen-bond acceptors (Lipinski definition) is 8. The summed E-state index contributed by atoms with van der Waals surface area (Å²) in [6, 6.07) is 3.83. The third-order valence-electron chi connectivity index (χ3n) is 4.21. The number of aryl methyl sites for hydroxylation is 1. The topological polar surface area (TPSA) is 110 Å². The van der Waals surface area contributed by atoms with Gasteiger partial charge in [0, 0.05) is 32.4 Å². The highest BCUT2D eigenvalue weighted by atomic mass is 16.6. The molecule has 26 heavy (non-hydrogen) atoms. The minimum absolute atomic E-state index is 0.282. The first-order valence-electron chi connectivity index (χ1n) is 8.56. The summed E-state index contributed by atoms with van der Waals surface area (Å²) < 4.78 is 5.04. The van der Waals surface area contributed by atoms with Gasteiger partial charge in [-0.25, -0.2) is 19.7 Å². The number of nitrogen functional groups attached to an aromatic ring is 1. The number of nitrogens with one attached hydrogen (secondary N) is 1. The molecule has 0 unspecified atom stereocenters. The van der Waals surface area contributed by atoms with E-state index in [9.17, 15) is 4.79 Å². The lowest BCUT2D eigenvalue weighted by Gasteiger charge is -2.35. The summed E-state index contributed by atoms with van der Waals surface area (Å²) in [5, 5.41) is 3.17. The summed E-state index contributed by atoms with van der Waals surface area (Å²) in [7, 11) is 0. The predicted octanol–water partition coefficient (Wildman–Crippen LogP) is 1.78. The van der Waals surface area contributed by atoms with Gasteiger partial charge in [0.05, 0.1) is 6.61 Å². The second-order valence-corrected chi connectivity index (χ2v) is 5.93. The van der Waals surface area contributed by atoms with Crippen molar-refractivity contribution in [2.45, 2.75) is 13.8 Å². The normalized spacial score (nSPS) is 14.2. The number of carbonyl (C=O) groups excluding carboxylic acids is 1. The van der Waals surface area contributed by atoms with Gasteiger partial charge >= 0.3 is 6.09 Å². The minimum atomic E-state index is -0.282. The van der Waals surface area contributed by atoms with Gasteiger partial charge in [-0.2, -0.15) is 0 Å². The average molecular weight is 357 g/mol. The molecule has 0 bridgehead atoms. The van der Waals surface area contributed by atoms with Crippen molar-refractivity contribution in [3.8, 4) is 0 Å². The SMILES string of the molecule is CCOC(=O)N1CCN(c2ncnc(Nc3ncccc3C)c2N)CC1. The Labute approximate surface area is 152 Å². The van der Waals surface area contributed by atoms with Crippen LogP contribution in [0, 0.1) is 6.92 Å². The van der Waals surface area contributed by atoms with Gasteiger partial charge in [-0.1, -0.05) is 6.07 Å². The molecule has 1 saturated heterocycles. The molecule has 1 aliphatic rings. The summed E-state index contributed by atoms with van der Waals surface area (Å²) in [6.07, 6.45) is 2.91. The first-order chi connectivity index (χ1) is 12.6. The molecule has 1 aliphatic heterocycles. The van der Waals surface area contributed by atoms with Gasteiger partial charge in [0.1, 0.15) is 17.8 Å². The number of ether oxygens (including phenoxy) is 1. The van der Waals surface area contributed by atoms with E-state index in [-0.39, 0.29) is 6.09 Å². The van der Waals surface area contributed by atoms with Gasteiger partial charge in [0.2, 0.25) is 0 Å². The molecule has 0 aromatic carbocycles. The molecular weight excluding hydrogens is 334 g/mol. The van der Waals surface area contributed by atoms with Crippen LogP contribution in [0.15, 0.2) is 24.7 Å². The van der Waals surface area contributed by atoms with Crippen LogP contribution in [0.3, 0.4) is 0 Å². The van der Waals surface area contributed by atoms with E-state index in [0.717, 1.165) is 5.56 Å². The highest BCUT2D eigenvalue weighted by molar-refractivity contribution is 5.78. The lowest BCUT2D eigenvalue weighted by Crippen LogP contribution is -2.49. The second kappa shape index (κ2) is 7.85. The van der Waals surface area contributed by atoms with Crippen molar-refractivity contribution in [2.75, 3.05) is 48.7 Å². The molecular formula is C17H23N7O2. The molecule has 0 spiro atoms. The van der Waals surface area contributed by atoms with E-state index in [0.29, 0.717) is 55.9 Å². The fourth-order valence-corrected chi connectivity index (χ4v) is 2.78. The maximum Gasteiger partial charge on any atom is 0.409 e. The maximum atomic E-state index is 11.8. The first-order valence-corrected chi connectivity index (χ1v) is 8.56. The Hall–Kier alpha value is -3.10. The van der Waals surface area contributed by atoms with Crippen molar-refractivity contribution in [2.24, 2.45) is 0 Å². The van der Waals surface area contributed by atoms with Crippen LogP contribution in [0.2, 0.25) is 0 Å². The number of rotatable bonds is 4. The zero-order valence-corrected chi connectivity index (χ0v) is 15.0. The molecule has 138 valence electrons. The number of nitrogens with zero attached hydrogens (tertiary/aromatic N) is 5. The summed E-state index contributed by atoms with van der Waals surface area (Å²) in [4.78, 5) is 28.4. The van der Waals surface area contributed by atoms with Crippen LogP contribution in [0.1, 0.15) is 12.5 Å². The number of anilines is 4. The van der Waals surface area contributed by atoms with Crippen molar-refractivity contribution >= 4 is 29.2 Å². The standard InChI is InChI=1S/C17H23N7O2/c1-3-26-17(25)24-9-7-23(8-10-24)16-13(18)15(20-11-21-16)22-14-12(2)5-4-6-19-14/h4-6,11H,3,7-10,18H2,1-2H3,(H,19,20,21,22). The summed E-state index contributed by atoms with van der Waals surface area (Å²) >= 11 is 0. The van der Waals surface area contributed by atoms with Crippen molar-refractivity contribution in [3.63, 3.8) is 0 Å². The van der Waals surface area contributed by atoms with Gasteiger partial charge < -0.3 is 25.6 Å². The number of piperazine rings is 1. The van der Waals surface area contributed by atoms with Crippen molar-refractivity contribution < 1.29 is 9.53 Å². The lowest BCUT2D eigenvalue weighted by molar-refractivity contribution is 0.105. The summed E-state index contributed by atoms with van der Waals surface area (Å²) in [6.45, 7) is 6.51. The lowest BCUT2D eigenvalue weighted by atomic mass is 10.2. The molecule has 3 rings (SSSR count). The number of amides is 1. The van der Waals surface area contributed by atoms with Crippen molar-refractivity contribution in [1.29, 1.82) is 0 Å². The highest BCUT2D eigenvalue weighted by Gasteiger charge is 2.24. The molecule has 9 heteroatoms. The third-order valence-corrected chi connectivity index (χ3v) is 4.21. The van der Waals surface area contributed by atoms with Crippen molar-refractivity contribution in [3.05, 3.63) is 30.2 Å². The average Bonchev–Trinajstić information content (AvgIpc) is 2.65. The van der Waals surface area contributed by atoms with E-state index in [4.69, 9.17) is 10.5 Å². The molecule has 0 atom stereocenters. The van der Waals surface area contributed by atoms with Crippen LogP contribution in [0.25, 0.3) is 0 Å². The van der Waals surface area contributed by atoms with Gasteiger partial charge in [-0.3, -0.25) is 0 Å². The smallest absolute Gasteiger partial charge is 0.409 e. The van der Waals surface area contributed by atoms with Gasteiger partial charge in [-0.15, -0.1) is 0 Å². The van der Waals surface area contributed by atoms with E-state index in [1.165, 1.54) is 6.33 Å². The molecule has 0 radical (unpaired) electrons. The first kappa shape index (κ1) is 17.7. The monoisotopic (exact) mass is 357 g/mol. The molecule has 2 aromatic heterocycles. The fourth-order valence-electron chi connectivity index (χ4n) is 2.78. The van der Waals surface area contributed by atoms with Crippen LogP contribution >= 0.6 is 0 Å². The van der Waals surface area contributed by atoms with Crippen molar-refractivity contribution in [1.82, 2.24) is 19.9 Å². The molecule has 1 amide bonds. The van der Waals surface area contributed by atoms with Gasteiger partial charge in [0.25, 0.3) is 0 Å². The Bertz CT molecular complexity index is 775. The number of nitrogens with two attached hydrogens (primary N) is 1.